The number of aromatic nitrogens is 2. The fourth-order valence-electron chi connectivity index (χ4n) is 3.90. The minimum atomic E-state index is -4.51. The van der Waals surface area contributed by atoms with Crippen LogP contribution in [0.5, 0.6) is 0 Å². The third-order valence-corrected chi connectivity index (χ3v) is 5.54. The summed E-state index contributed by atoms with van der Waals surface area (Å²) in [5.74, 6) is -1.67. The van der Waals surface area contributed by atoms with E-state index in [-0.39, 0.29) is 34.4 Å². The number of anilines is 1. The van der Waals surface area contributed by atoms with E-state index in [4.69, 9.17) is 0 Å². The number of nitrogens with zero attached hydrogens (tertiary/aromatic N) is 3. The Labute approximate surface area is 186 Å². The molecule has 2 atom stereocenters. The van der Waals surface area contributed by atoms with Crippen molar-refractivity contribution in [1.82, 2.24) is 14.9 Å². The van der Waals surface area contributed by atoms with Crippen molar-refractivity contribution in [1.29, 1.82) is 0 Å². The highest BCUT2D eigenvalue weighted by molar-refractivity contribution is 5.83. The van der Waals surface area contributed by atoms with Crippen molar-refractivity contribution >= 4 is 22.5 Å². The number of allylic oxidation sites excluding steroid dienone is 1. The highest BCUT2D eigenvalue weighted by Gasteiger charge is 2.42. The fourth-order valence-corrected chi connectivity index (χ4v) is 3.90. The fraction of sp³-hybridized carbons (Fsp3) is 0.304. The molecular weight excluding hydrogens is 443 g/mol. The Kier molecular flexibility index (Phi) is 5.63. The summed E-state index contributed by atoms with van der Waals surface area (Å²) in [6, 6.07) is 4.18. The standard InChI is InChI=1S/C23H21F5N4O/c1-12-8-17(29-19(9-12)23(26,27)28)15-11-32(18-6-4-13(24)10-16(18)25)22-14(21(15)33)5-7-20(30-22)31(2)3/h4-8,10-12,19,29H,9H2,1-3H3/t12?,19-/m0/s1. The van der Waals surface area contributed by atoms with Crippen LogP contribution in [0.4, 0.5) is 27.8 Å². The summed E-state index contributed by atoms with van der Waals surface area (Å²) in [4.78, 5) is 19.4. The predicted octanol–water partition coefficient (Wildman–Crippen LogP) is 4.63. The van der Waals surface area contributed by atoms with E-state index in [1.807, 2.05) is 0 Å². The van der Waals surface area contributed by atoms with Crippen LogP contribution in [0.1, 0.15) is 18.9 Å². The second-order valence-electron chi connectivity index (χ2n) is 8.30. The number of benzene rings is 1. The Balaban J connectivity index is 2.00. The van der Waals surface area contributed by atoms with Crippen molar-refractivity contribution < 1.29 is 22.0 Å². The first kappa shape index (κ1) is 22.8. The number of hydrogen-bond acceptors (Lipinski definition) is 4. The molecule has 3 aromatic rings. The van der Waals surface area contributed by atoms with Crippen LogP contribution in [0, 0.1) is 17.6 Å². The van der Waals surface area contributed by atoms with E-state index in [0.29, 0.717) is 11.9 Å². The topological polar surface area (TPSA) is 50.2 Å². The monoisotopic (exact) mass is 464 g/mol. The summed E-state index contributed by atoms with van der Waals surface area (Å²) in [5.41, 5.74) is -0.599. The van der Waals surface area contributed by atoms with Gasteiger partial charge in [0.15, 0.2) is 11.1 Å². The number of nitrogens with one attached hydrogen (secondary N) is 1. The molecule has 0 radical (unpaired) electrons. The van der Waals surface area contributed by atoms with Crippen LogP contribution in [0.3, 0.4) is 0 Å². The van der Waals surface area contributed by atoms with Crippen molar-refractivity contribution in [2.75, 3.05) is 19.0 Å². The maximum Gasteiger partial charge on any atom is 0.408 e. The molecule has 0 aliphatic carbocycles. The van der Waals surface area contributed by atoms with E-state index in [1.54, 1.807) is 38.1 Å². The summed E-state index contributed by atoms with van der Waals surface area (Å²) in [7, 11) is 3.47. The maximum absolute atomic E-state index is 14.7. The first-order chi connectivity index (χ1) is 15.5. The summed E-state index contributed by atoms with van der Waals surface area (Å²) < 4.78 is 69.8. The van der Waals surface area contributed by atoms with E-state index in [0.717, 1.165) is 6.07 Å². The average molecular weight is 464 g/mol. The molecule has 0 saturated heterocycles. The van der Waals surface area contributed by atoms with E-state index in [2.05, 4.69) is 10.3 Å². The zero-order chi connectivity index (χ0) is 24.1. The van der Waals surface area contributed by atoms with Crippen LogP contribution >= 0.6 is 0 Å². The Morgan fingerprint density at radius 1 is 1.15 bits per heavy atom. The molecule has 1 unspecified atom stereocenters. The van der Waals surface area contributed by atoms with Gasteiger partial charge in [0.25, 0.3) is 0 Å². The lowest BCUT2D eigenvalue weighted by Crippen LogP contribution is -2.45. The van der Waals surface area contributed by atoms with E-state index >= 15 is 0 Å². The molecule has 3 heterocycles. The molecule has 174 valence electrons. The van der Waals surface area contributed by atoms with Gasteiger partial charge in [0.1, 0.15) is 23.5 Å². The summed E-state index contributed by atoms with van der Waals surface area (Å²) in [5, 5.41) is 2.51. The lowest BCUT2D eigenvalue weighted by Gasteiger charge is -2.30. The Morgan fingerprint density at radius 3 is 2.52 bits per heavy atom. The largest absolute Gasteiger partial charge is 0.408 e. The second-order valence-corrected chi connectivity index (χ2v) is 8.30. The molecule has 2 aromatic heterocycles. The number of hydrogen-bond donors (Lipinski definition) is 1. The van der Waals surface area contributed by atoms with Crippen molar-refractivity contribution in [2.45, 2.75) is 25.6 Å². The van der Waals surface area contributed by atoms with E-state index in [9.17, 15) is 26.7 Å². The van der Waals surface area contributed by atoms with Crippen LogP contribution < -0.4 is 15.6 Å². The quantitative estimate of drug-likeness (QED) is 0.575. The van der Waals surface area contributed by atoms with Crippen molar-refractivity contribution in [3.05, 3.63) is 70.0 Å². The summed E-state index contributed by atoms with van der Waals surface area (Å²) in [6.07, 6.45) is -1.88. The Bertz CT molecular complexity index is 1310. The van der Waals surface area contributed by atoms with Gasteiger partial charge in [0.05, 0.1) is 16.6 Å². The second kappa shape index (κ2) is 8.17. The van der Waals surface area contributed by atoms with Gasteiger partial charge in [0.2, 0.25) is 0 Å². The smallest absolute Gasteiger partial charge is 0.374 e. The van der Waals surface area contributed by atoms with Gasteiger partial charge in [-0.2, -0.15) is 13.2 Å². The molecule has 1 aliphatic heterocycles. The molecule has 0 fully saturated rings. The van der Waals surface area contributed by atoms with Gasteiger partial charge < -0.3 is 10.2 Å². The lowest BCUT2D eigenvalue weighted by molar-refractivity contribution is -0.156. The molecule has 0 spiro atoms. The molecule has 33 heavy (non-hydrogen) atoms. The molecule has 5 nitrogen and oxygen atoms in total. The molecule has 0 bridgehead atoms. The van der Waals surface area contributed by atoms with Crippen molar-refractivity contribution in [3.8, 4) is 5.69 Å². The van der Waals surface area contributed by atoms with Gasteiger partial charge in [-0.05, 0) is 36.6 Å². The first-order valence-corrected chi connectivity index (χ1v) is 10.2. The minimum absolute atomic E-state index is 0.0101. The van der Waals surface area contributed by atoms with Crippen molar-refractivity contribution in [3.63, 3.8) is 0 Å². The maximum atomic E-state index is 14.7. The molecule has 1 aliphatic rings. The molecule has 1 N–H and O–H groups in total. The van der Waals surface area contributed by atoms with Gasteiger partial charge >= 0.3 is 6.18 Å². The van der Waals surface area contributed by atoms with Crippen LogP contribution in [0.2, 0.25) is 0 Å². The first-order valence-electron chi connectivity index (χ1n) is 10.2. The van der Waals surface area contributed by atoms with Gasteiger partial charge in [0, 0.05) is 32.1 Å². The Hall–Kier alpha value is -3.43. The number of halogens is 5. The highest BCUT2D eigenvalue weighted by Crippen LogP contribution is 2.32. The highest BCUT2D eigenvalue weighted by atomic mass is 19.4. The third-order valence-electron chi connectivity index (χ3n) is 5.54. The predicted molar refractivity (Wildman–Crippen MR) is 116 cm³/mol. The molecule has 1 aromatic carbocycles. The Morgan fingerprint density at radius 2 is 1.88 bits per heavy atom. The van der Waals surface area contributed by atoms with Gasteiger partial charge in [-0.1, -0.05) is 13.0 Å². The number of pyridine rings is 2. The van der Waals surface area contributed by atoms with Crippen LogP contribution in [0.25, 0.3) is 22.4 Å². The van der Waals surface area contributed by atoms with E-state index < -0.39 is 35.2 Å². The lowest BCUT2D eigenvalue weighted by atomic mass is 9.93. The van der Waals surface area contributed by atoms with Gasteiger partial charge in [-0.25, -0.2) is 13.8 Å². The summed E-state index contributed by atoms with van der Waals surface area (Å²) in [6.45, 7) is 1.63. The SMILES string of the molecule is CC1C=C(c2cn(-c3ccc(F)cc3F)c3nc(N(C)C)ccc3c2=O)N[C@H](C(F)(F)F)C1. The zero-order valence-corrected chi connectivity index (χ0v) is 18.0. The zero-order valence-electron chi connectivity index (χ0n) is 18.0. The van der Waals surface area contributed by atoms with Crippen LogP contribution in [-0.4, -0.2) is 35.9 Å². The molecular formula is C23H21F5N4O. The molecule has 10 heteroatoms. The van der Waals surface area contributed by atoms with Gasteiger partial charge in [-0.15, -0.1) is 0 Å². The molecule has 0 saturated carbocycles. The summed E-state index contributed by atoms with van der Waals surface area (Å²) >= 11 is 0. The van der Waals surface area contributed by atoms with Gasteiger partial charge in [-0.3, -0.25) is 9.36 Å². The van der Waals surface area contributed by atoms with Crippen LogP contribution in [0.15, 0.2) is 47.4 Å². The minimum Gasteiger partial charge on any atom is -0.374 e. The van der Waals surface area contributed by atoms with Crippen LogP contribution in [-0.2, 0) is 0 Å². The normalized spacial score (nSPS) is 18.7. The number of alkyl halides is 3. The number of rotatable bonds is 3. The number of fused-ring (bicyclic) bond motifs is 1. The third kappa shape index (κ3) is 4.29. The van der Waals surface area contributed by atoms with Crippen molar-refractivity contribution in [2.24, 2.45) is 5.92 Å². The molecule has 0 amide bonds. The average Bonchev–Trinajstić information content (AvgIpc) is 2.73. The van der Waals surface area contributed by atoms with E-state index in [1.165, 1.54) is 22.9 Å². The molecule has 4 rings (SSSR count).